The van der Waals surface area contributed by atoms with Gasteiger partial charge in [-0.25, -0.2) is 5.43 Å². The van der Waals surface area contributed by atoms with Crippen LogP contribution < -0.4 is 14.9 Å². The molecule has 4 aromatic rings. The first kappa shape index (κ1) is 21.8. The molecule has 0 bridgehead atoms. The number of hydrogen-bond acceptors (Lipinski definition) is 4. The second-order valence-electron chi connectivity index (χ2n) is 7.34. The Hall–Kier alpha value is -4.38. The average molecular weight is 437 g/mol. The van der Waals surface area contributed by atoms with Crippen molar-refractivity contribution in [1.29, 1.82) is 0 Å². The van der Waals surface area contributed by atoms with Gasteiger partial charge in [0.2, 0.25) is 0 Å². The van der Waals surface area contributed by atoms with E-state index in [2.05, 4.69) is 10.5 Å². The maximum absolute atomic E-state index is 12.4. The van der Waals surface area contributed by atoms with Crippen molar-refractivity contribution in [2.45, 2.75) is 13.2 Å². The first-order valence-electron chi connectivity index (χ1n) is 10.6. The molecule has 164 valence electrons. The van der Waals surface area contributed by atoms with Crippen LogP contribution >= 0.6 is 0 Å². The molecule has 0 spiro atoms. The summed E-state index contributed by atoms with van der Waals surface area (Å²) in [7, 11) is 0. The van der Waals surface area contributed by atoms with Crippen molar-refractivity contribution < 1.29 is 14.3 Å². The van der Waals surface area contributed by atoms with Gasteiger partial charge in [-0.3, -0.25) is 4.79 Å². The second kappa shape index (κ2) is 11.3. The summed E-state index contributed by atoms with van der Waals surface area (Å²) in [5.74, 6) is 1.14. The molecular weight excluding hydrogens is 412 g/mol. The van der Waals surface area contributed by atoms with E-state index in [9.17, 15) is 4.79 Å². The van der Waals surface area contributed by atoms with Crippen LogP contribution in [0.2, 0.25) is 0 Å². The van der Waals surface area contributed by atoms with Crippen LogP contribution in [0.5, 0.6) is 11.5 Å². The number of hydrogen-bond donors (Lipinski definition) is 1. The van der Waals surface area contributed by atoms with Gasteiger partial charge in [-0.1, -0.05) is 72.8 Å². The van der Waals surface area contributed by atoms with Gasteiger partial charge in [0, 0.05) is 5.56 Å². The van der Waals surface area contributed by atoms with Crippen LogP contribution in [0.1, 0.15) is 27.0 Å². The molecule has 0 aliphatic heterocycles. The Morgan fingerprint density at radius 3 is 1.94 bits per heavy atom. The smallest absolute Gasteiger partial charge is 0.271 e. The molecule has 0 saturated heterocycles. The van der Waals surface area contributed by atoms with Gasteiger partial charge in [0.15, 0.2) is 0 Å². The Morgan fingerprint density at radius 2 is 1.30 bits per heavy atom. The fraction of sp³-hybridized carbons (Fsp3) is 0.0714. The van der Waals surface area contributed by atoms with E-state index >= 15 is 0 Å². The molecule has 0 unspecified atom stereocenters. The van der Waals surface area contributed by atoms with Crippen LogP contribution in [0.4, 0.5) is 0 Å². The highest BCUT2D eigenvalue weighted by atomic mass is 16.5. The highest BCUT2D eigenvalue weighted by molar-refractivity contribution is 5.95. The topological polar surface area (TPSA) is 59.9 Å². The van der Waals surface area contributed by atoms with Crippen LogP contribution in [0.3, 0.4) is 0 Å². The maximum Gasteiger partial charge on any atom is 0.271 e. The summed E-state index contributed by atoms with van der Waals surface area (Å²) in [6.45, 7) is 0.966. The lowest BCUT2D eigenvalue weighted by Crippen LogP contribution is -2.17. The fourth-order valence-electron chi connectivity index (χ4n) is 3.10. The zero-order valence-electron chi connectivity index (χ0n) is 18.1. The van der Waals surface area contributed by atoms with Gasteiger partial charge in [-0.05, 0) is 53.1 Å². The Labute approximate surface area is 193 Å². The first-order chi connectivity index (χ1) is 16.3. The van der Waals surface area contributed by atoms with Crippen LogP contribution in [0.25, 0.3) is 0 Å². The van der Waals surface area contributed by atoms with Crippen molar-refractivity contribution in [3.63, 3.8) is 0 Å². The number of carbonyl (C=O) groups excluding carboxylic acids is 1. The van der Waals surface area contributed by atoms with E-state index in [1.165, 1.54) is 0 Å². The molecule has 4 rings (SSSR count). The van der Waals surface area contributed by atoms with Gasteiger partial charge in [0.1, 0.15) is 24.7 Å². The number of rotatable bonds is 9. The Balaban J connectivity index is 1.27. The first-order valence-corrected chi connectivity index (χ1v) is 10.6. The molecule has 0 atom stereocenters. The minimum atomic E-state index is -0.294. The van der Waals surface area contributed by atoms with Crippen LogP contribution in [0, 0.1) is 0 Å². The number of ether oxygens (including phenoxy) is 2. The van der Waals surface area contributed by atoms with Gasteiger partial charge in [-0.2, -0.15) is 5.10 Å². The number of nitrogens with one attached hydrogen (secondary N) is 1. The molecule has 0 aromatic heterocycles. The summed E-state index contributed by atoms with van der Waals surface area (Å²) in [6.07, 6.45) is 1.59. The summed E-state index contributed by atoms with van der Waals surface area (Å²) in [5.41, 5.74) is 6.06. The third-order valence-corrected chi connectivity index (χ3v) is 4.85. The molecule has 0 heterocycles. The summed E-state index contributed by atoms with van der Waals surface area (Å²) in [6, 6.07) is 34.4. The van der Waals surface area contributed by atoms with E-state index in [0.717, 1.165) is 22.4 Å². The van der Waals surface area contributed by atoms with E-state index < -0.39 is 0 Å². The molecule has 0 fully saturated rings. The molecular formula is C28H24N2O3. The van der Waals surface area contributed by atoms with E-state index in [-0.39, 0.29) is 5.91 Å². The predicted molar refractivity (Wildman–Crippen MR) is 129 cm³/mol. The van der Waals surface area contributed by atoms with Gasteiger partial charge < -0.3 is 9.47 Å². The zero-order valence-corrected chi connectivity index (χ0v) is 18.1. The van der Waals surface area contributed by atoms with Crippen molar-refractivity contribution >= 4 is 12.1 Å². The van der Waals surface area contributed by atoms with Crippen molar-refractivity contribution in [3.05, 3.63) is 131 Å². The summed E-state index contributed by atoms with van der Waals surface area (Å²) in [5, 5.41) is 4.06. The lowest BCUT2D eigenvalue weighted by Gasteiger charge is -2.07. The molecule has 5 nitrogen and oxygen atoms in total. The summed E-state index contributed by atoms with van der Waals surface area (Å²) >= 11 is 0. The highest BCUT2D eigenvalue weighted by Crippen LogP contribution is 2.15. The monoisotopic (exact) mass is 436 g/mol. The van der Waals surface area contributed by atoms with Gasteiger partial charge >= 0.3 is 0 Å². The molecule has 1 N–H and O–H groups in total. The third kappa shape index (κ3) is 6.80. The molecule has 0 aliphatic rings. The molecule has 1 amide bonds. The average Bonchev–Trinajstić information content (AvgIpc) is 2.88. The number of nitrogens with zero attached hydrogens (tertiary/aromatic N) is 1. The lowest BCUT2D eigenvalue weighted by molar-refractivity contribution is 0.0955. The predicted octanol–water partition coefficient (Wildman–Crippen LogP) is 5.61. The van der Waals surface area contributed by atoms with Gasteiger partial charge in [0.05, 0.1) is 6.21 Å². The maximum atomic E-state index is 12.4. The summed E-state index contributed by atoms with van der Waals surface area (Å²) < 4.78 is 11.6. The standard InChI is InChI=1S/C28H24N2O3/c31-28(25-14-16-26(17-15-25)32-20-22-8-3-1-4-9-22)30-29-19-24-12-7-13-27(18-24)33-21-23-10-5-2-6-11-23/h1-19H,20-21H2,(H,30,31)/b29-19+. The number of hydrazone groups is 1. The van der Waals surface area contributed by atoms with Gasteiger partial charge in [-0.15, -0.1) is 0 Å². The SMILES string of the molecule is O=C(N/N=C/c1cccc(OCc2ccccc2)c1)c1ccc(OCc2ccccc2)cc1. The molecule has 0 saturated carbocycles. The molecule has 4 aromatic carbocycles. The lowest BCUT2D eigenvalue weighted by atomic mass is 10.2. The van der Waals surface area contributed by atoms with Crippen LogP contribution in [0.15, 0.2) is 114 Å². The molecule has 0 radical (unpaired) electrons. The molecule has 0 aliphatic carbocycles. The van der Waals surface area contributed by atoms with Crippen molar-refractivity contribution in [2.24, 2.45) is 5.10 Å². The number of carbonyl (C=O) groups is 1. The highest BCUT2D eigenvalue weighted by Gasteiger charge is 2.05. The van der Waals surface area contributed by atoms with Crippen LogP contribution in [-0.4, -0.2) is 12.1 Å². The Morgan fingerprint density at radius 1 is 0.697 bits per heavy atom. The molecule has 33 heavy (non-hydrogen) atoms. The quantitative estimate of drug-likeness (QED) is 0.274. The van der Waals surface area contributed by atoms with Crippen molar-refractivity contribution in [3.8, 4) is 11.5 Å². The number of benzene rings is 4. The largest absolute Gasteiger partial charge is 0.489 e. The second-order valence-corrected chi connectivity index (χ2v) is 7.34. The Bertz CT molecular complexity index is 1190. The molecule has 5 heteroatoms. The third-order valence-electron chi connectivity index (χ3n) is 4.85. The van der Waals surface area contributed by atoms with E-state index in [1.807, 2.05) is 84.9 Å². The summed E-state index contributed by atoms with van der Waals surface area (Å²) in [4.78, 5) is 12.4. The minimum absolute atomic E-state index is 0.294. The van der Waals surface area contributed by atoms with E-state index in [0.29, 0.717) is 24.5 Å². The van der Waals surface area contributed by atoms with Crippen LogP contribution in [-0.2, 0) is 13.2 Å². The fourth-order valence-corrected chi connectivity index (χ4v) is 3.10. The van der Waals surface area contributed by atoms with Crippen molar-refractivity contribution in [1.82, 2.24) is 5.43 Å². The van der Waals surface area contributed by atoms with E-state index in [1.54, 1.807) is 30.5 Å². The normalized spacial score (nSPS) is 10.7. The minimum Gasteiger partial charge on any atom is -0.489 e. The number of amides is 1. The zero-order chi connectivity index (χ0) is 22.7. The van der Waals surface area contributed by atoms with Crippen molar-refractivity contribution in [2.75, 3.05) is 0 Å². The van der Waals surface area contributed by atoms with E-state index in [4.69, 9.17) is 9.47 Å². The Kier molecular flexibility index (Phi) is 7.48. The van der Waals surface area contributed by atoms with Gasteiger partial charge in [0.25, 0.3) is 5.91 Å².